The predicted molar refractivity (Wildman–Crippen MR) is 75.3 cm³/mol. The molecule has 0 aliphatic carbocycles. The lowest BCUT2D eigenvalue weighted by molar-refractivity contribution is -0.0304. The molecule has 1 aliphatic rings. The molecule has 1 aromatic heterocycles. The summed E-state index contributed by atoms with van der Waals surface area (Å²) in [7, 11) is -3.54. The molecule has 0 radical (unpaired) electrons. The number of hydrogen-bond acceptors (Lipinski definition) is 5. The zero-order chi connectivity index (χ0) is 13.3. The van der Waals surface area contributed by atoms with Gasteiger partial charge < -0.3 is 9.84 Å². The van der Waals surface area contributed by atoms with Gasteiger partial charge in [-0.1, -0.05) is 0 Å². The van der Waals surface area contributed by atoms with Crippen molar-refractivity contribution in [2.45, 2.75) is 11.0 Å². The molecule has 1 aliphatic heterocycles. The van der Waals surface area contributed by atoms with Crippen molar-refractivity contribution in [3.8, 4) is 0 Å². The summed E-state index contributed by atoms with van der Waals surface area (Å²) in [5, 5.41) is 9.04. The number of nitrogens with zero attached hydrogens (tertiary/aromatic N) is 1. The van der Waals surface area contributed by atoms with Crippen LogP contribution >= 0.6 is 43.2 Å². The van der Waals surface area contributed by atoms with E-state index in [4.69, 9.17) is 9.84 Å². The molecule has 5 nitrogen and oxygen atoms in total. The van der Waals surface area contributed by atoms with E-state index in [1.807, 2.05) is 0 Å². The average molecular weight is 421 g/mol. The summed E-state index contributed by atoms with van der Waals surface area (Å²) in [5.41, 5.74) is 0. The Morgan fingerprint density at radius 1 is 1.56 bits per heavy atom. The third-order valence-corrected chi connectivity index (χ3v) is 7.17. The van der Waals surface area contributed by atoms with Crippen LogP contribution in [0.1, 0.15) is 0 Å². The van der Waals surface area contributed by atoms with Gasteiger partial charge in [-0.05, 0) is 37.9 Å². The van der Waals surface area contributed by atoms with Crippen LogP contribution < -0.4 is 0 Å². The fourth-order valence-corrected chi connectivity index (χ4v) is 6.88. The molecule has 0 amide bonds. The molecule has 1 aromatic rings. The average Bonchev–Trinajstić information content (AvgIpc) is 2.69. The topological polar surface area (TPSA) is 66.8 Å². The Bertz CT molecular complexity index is 531. The van der Waals surface area contributed by atoms with Crippen LogP contribution in [0.5, 0.6) is 0 Å². The minimum absolute atomic E-state index is 0.179. The molecule has 1 fully saturated rings. The molecule has 0 saturated carbocycles. The van der Waals surface area contributed by atoms with Crippen LogP contribution in [0.25, 0.3) is 0 Å². The Balaban J connectivity index is 2.28. The molecule has 1 saturated heterocycles. The number of rotatable bonds is 3. The Kier molecular flexibility index (Phi) is 4.85. The van der Waals surface area contributed by atoms with E-state index in [0.717, 1.165) is 3.79 Å². The molecule has 1 atom stereocenters. The van der Waals surface area contributed by atoms with E-state index in [1.54, 1.807) is 6.07 Å². The number of ether oxygens (including phenoxy) is 1. The standard InChI is InChI=1S/C9H11Br2NO4S2/c10-8-3-7(9(11)17-8)18(14,15)12-1-2-16-6(4-12)5-13/h3,6,13H,1-2,4-5H2. The predicted octanol–water partition coefficient (Wildman–Crippen LogP) is 1.65. The maximum absolute atomic E-state index is 12.4. The molecular formula is C9H11Br2NO4S2. The van der Waals surface area contributed by atoms with Gasteiger partial charge in [0, 0.05) is 13.1 Å². The van der Waals surface area contributed by atoms with Crippen LogP contribution in [0.2, 0.25) is 0 Å². The first-order valence-electron chi connectivity index (χ1n) is 5.12. The number of morpholine rings is 1. The second kappa shape index (κ2) is 5.86. The van der Waals surface area contributed by atoms with E-state index in [9.17, 15) is 8.42 Å². The smallest absolute Gasteiger partial charge is 0.245 e. The SMILES string of the molecule is O=S(=O)(c1cc(Br)sc1Br)N1CCOC(CO)C1. The molecule has 9 heteroatoms. The highest BCUT2D eigenvalue weighted by molar-refractivity contribution is 9.12. The first kappa shape index (κ1) is 14.9. The lowest BCUT2D eigenvalue weighted by Gasteiger charge is -2.31. The van der Waals surface area contributed by atoms with Gasteiger partial charge in [0.15, 0.2) is 0 Å². The summed E-state index contributed by atoms with van der Waals surface area (Å²) >= 11 is 7.83. The second-order valence-electron chi connectivity index (χ2n) is 3.73. The zero-order valence-electron chi connectivity index (χ0n) is 9.17. The third-order valence-electron chi connectivity index (χ3n) is 2.55. The van der Waals surface area contributed by atoms with Gasteiger partial charge in [0.25, 0.3) is 0 Å². The highest BCUT2D eigenvalue weighted by Crippen LogP contribution is 2.36. The van der Waals surface area contributed by atoms with E-state index >= 15 is 0 Å². The number of thiophene rings is 1. The lowest BCUT2D eigenvalue weighted by Crippen LogP contribution is -2.46. The van der Waals surface area contributed by atoms with Crippen molar-refractivity contribution in [1.82, 2.24) is 4.31 Å². The molecule has 102 valence electrons. The number of aliphatic hydroxyl groups is 1. The summed E-state index contributed by atoms with van der Waals surface area (Å²) in [6.07, 6.45) is -0.450. The normalized spacial score (nSPS) is 22.3. The van der Waals surface area contributed by atoms with Gasteiger partial charge in [-0.3, -0.25) is 0 Å². The summed E-state index contributed by atoms with van der Waals surface area (Å²) in [4.78, 5) is 0.248. The van der Waals surface area contributed by atoms with E-state index in [2.05, 4.69) is 31.9 Å². The van der Waals surface area contributed by atoms with Gasteiger partial charge in [-0.2, -0.15) is 4.31 Å². The number of aliphatic hydroxyl groups excluding tert-OH is 1. The van der Waals surface area contributed by atoms with E-state index in [-0.39, 0.29) is 18.0 Å². The van der Waals surface area contributed by atoms with Crippen molar-refractivity contribution in [3.63, 3.8) is 0 Å². The van der Waals surface area contributed by atoms with Crippen LogP contribution in [-0.4, -0.2) is 50.2 Å². The van der Waals surface area contributed by atoms with Crippen LogP contribution in [0.3, 0.4) is 0 Å². The molecule has 2 rings (SSSR count). The highest BCUT2D eigenvalue weighted by atomic mass is 79.9. The Morgan fingerprint density at radius 2 is 2.28 bits per heavy atom. The summed E-state index contributed by atoms with van der Waals surface area (Å²) < 4.78 is 32.8. The Morgan fingerprint density at radius 3 is 2.83 bits per heavy atom. The fraction of sp³-hybridized carbons (Fsp3) is 0.556. The lowest BCUT2D eigenvalue weighted by atomic mass is 10.3. The zero-order valence-corrected chi connectivity index (χ0v) is 14.0. The molecule has 1 unspecified atom stereocenters. The largest absolute Gasteiger partial charge is 0.394 e. The van der Waals surface area contributed by atoms with Gasteiger partial charge in [0.2, 0.25) is 10.0 Å². The van der Waals surface area contributed by atoms with Crippen molar-refractivity contribution in [2.75, 3.05) is 26.3 Å². The van der Waals surface area contributed by atoms with Crippen LogP contribution in [0.4, 0.5) is 0 Å². The molecule has 0 spiro atoms. The van der Waals surface area contributed by atoms with Gasteiger partial charge >= 0.3 is 0 Å². The Labute approximate surface area is 126 Å². The maximum atomic E-state index is 12.4. The highest BCUT2D eigenvalue weighted by Gasteiger charge is 2.32. The van der Waals surface area contributed by atoms with Gasteiger partial charge in [0.05, 0.1) is 26.9 Å². The molecular weight excluding hydrogens is 410 g/mol. The quantitative estimate of drug-likeness (QED) is 0.807. The molecule has 1 N–H and O–H groups in total. The van der Waals surface area contributed by atoms with E-state index in [0.29, 0.717) is 16.9 Å². The van der Waals surface area contributed by atoms with Crippen molar-refractivity contribution >= 4 is 53.2 Å². The molecule has 0 bridgehead atoms. The van der Waals surface area contributed by atoms with Crippen LogP contribution in [0.15, 0.2) is 18.5 Å². The number of sulfonamides is 1. The minimum atomic E-state index is -3.54. The van der Waals surface area contributed by atoms with Gasteiger partial charge in [0.1, 0.15) is 4.90 Å². The molecule has 18 heavy (non-hydrogen) atoms. The van der Waals surface area contributed by atoms with Crippen molar-refractivity contribution in [2.24, 2.45) is 0 Å². The maximum Gasteiger partial charge on any atom is 0.245 e. The Hall–Kier alpha value is 0.490. The van der Waals surface area contributed by atoms with Crippen LogP contribution in [0, 0.1) is 0 Å². The first-order valence-corrected chi connectivity index (χ1v) is 8.97. The minimum Gasteiger partial charge on any atom is -0.394 e. The van der Waals surface area contributed by atoms with Gasteiger partial charge in [-0.15, -0.1) is 11.3 Å². The van der Waals surface area contributed by atoms with Crippen molar-refractivity contribution < 1.29 is 18.3 Å². The number of hydrogen-bond donors (Lipinski definition) is 1. The summed E-state index contributed by atoms with van der Waals surface area (Å²) in [6, 6.07) is 1.58. The molecule has 2 heterocycles. The summed E-state index contributed by atoms with van der Waals surface area (Å²) in [5.74, 6) is 0. The third kappa shape index (κ3) is 2.97. The van der Waals surface area contributed by atoms with Crippen LogP contribution in [-0.2, 0) is 14.8 Å². The van der Waals surface area contributed by atoms with Gasteiger partial charge in [-0.25, -0.2) is 8.42 Å². The number of halogens is 2. The molecule has 0 aromatic carbocycles. The second-order valence-corrected chi connectivity index (χ2v) is 9.38. The first-order chi connectivity index (χ1) is 8.45. The van der Waals surface area contributed by atoms with E-state index < -0.39 is 16.1 Å². The van der Waals surface area contributed by atoms with Crippen molar-refractivity contribution in [3.05, 3.63) is 13.6 Å². The van der Waals surface area contributed by atoms with Crippen molar-refractivity contribution in [1.29, 1.82) is 0 Å². The summed E-state index contributed by atoms with van der Waals surface area (Å²) in [6.45, 7) is 0.603. The fourth-order valence-electron chi connectivity index (χ4n) is 1.66. The van der Waals surface area contributed by atoms with E-state index in [1.165, 1.54) is 15.6 Å². The monoisotopic (exact) mass is 419 g/mol.